The number of methoxy groups -OCH3 is 1. The van der Waals surface area contributed by atoms with Crippen molar-refractivity contribution >= 4 is 15.9 Å². The molecule has 132 valence electrons. The molecule has 2 nitrogen and oxygen atoms in total. The zero-order valence-corrected chi connectivity index (χ0v) is 16.3. The van der Waals surface area contributed by atoms with Crippen molar-refractivity contribution in [2.24, 2.45) is 16.7 Å². The Hall–Kier alpha value is -0.610. The molecule has 1 aromatic rings. The first-order valence-corrected chi connectivity index (χ1v) is 9.67. The van der Waals surface area contributed by atoms with Crippen LogP contribution in [0.25, 0.3) is 0 Å². The third-order valence-electron chi connectivity index (χ3n) is 6.53. The third-order valence-corrected chi connectivity index (χ3v) is 7.12. The number of hydrogen-bond acceptors (Lipinski definition) is 2. The smallest absolute Gasteiger partial charge is 0.188 e. The van der Waals surface area contributed by atoms with Gasteiger partial charge in [0.1, 0.15) is 11.6 Å². The van der Waals surface area contributed by atoms with E-state index in [1.165, 1.54) is 25.3 Å². The van der Waals surface area contributed by atoms with Crippen LogP contribution in [0.4, 0.5) is 4.39 Å². The molecule has 0 spiro atoms. The molecule has 24 heavy (non-hydrogen) atoms. The van der Waals surface area contributed by atoms with E-state index in [1.807, 2.05) is 0 Å². The van der Waals surface area contributed by atoms with Crippen molar-refractivity contribution in [1.82, 2.24) is 0 Å². The van der Waals surface area contributed by atoms with Crippen LogP contribution in [-0.2, 0) is 10.2 Å². The molecule has 4 bridgehead atoms. The predicted molar refractivity (Wildman–Crippen MR) is 95.7 cm³/mol. The van der Waals surface area contributed by atoms with Crippen molar-refractivity contribution in [2.75, 3.05) is 13.9 Å². The topological polar surface area (TPSA) is 18.5 Å². The fourth-order valence-corrected chi connectivity index (χ4v) is 7.51. The summed E-state index contributed by atoms with van der Waals surface area (Å²) in [5, 5.41) is 0. The Bertz CT molecular complexity index is 656. The lowest BCUT2D eigenvalue weighted by atomic mass is 9.39. The van der Waals surface area contributed by atoms with Gasteiger partial charge in [-0.1, -0.05) is 13.8 Å². The van der Waals surface area contributed by atoms with Gasteiger partial charge in [-0.05, 0) is 83.3 Å². The van der Waals surface area contributed by atoms with E-state index in [2.05, 4.69) is 29.8 Å². The van der Waals surface area contributed by atoms with Gasteiger partial charge in [-0.2, -0.15) is 0 Å². The molecular formula is C20H26BrFO2. The number of halogens is 2. The maximum atomic E-state index is 14.3. The van der Waals surface area contributed by atoms with Crippen molar-refractivity contribution in [3.8, 4) is 5.75 Å². The molecule has 5 rings (SSSR count). The quantitative estimate of drug-likeness (QED) is 0.596. The molecule has 2 unspecified atom stereocenters. The Labute approximate surface area is 152 Å². The van der Waals surface area contributed by atoms with E-state index in [0.717, 1.165) is 36.5 Å². The number of benzene rings is 1. The minimum atomic E-state index is -0.187. The summed E-state index contributed by atoms with van der Waals surface area (Å²) in [7, 11) is 1.61. The largest absolute Gasteiger partial charge is 0.466 e. The third kappa shape index (κ3) is 2.61. The highest BCUT2D eigenvalue weighted by Gasteiger charge is 2.61. The molecule has 0 aromatic heterocycles. The molecule has 4 fully saturated rings. The van der Waals surface area contributed by atoms with Gasteiger partial charge in [0.2, 0.25) is 0 Å². The van der Waals surface area contributed by atoms with Crippen LogP contribution in [-0.4, -0.2) is 13.9 Å². The van der Waals surface area contributed by atoms with Gasteiger partial charge in [-0.15, -0.1) is 0 Å². The van der Waals surface area contributed by atoms with Gasteiger partial charge < -0.3 is 9.47 Å². The molecule has 0 aliphatic heterocycles. The Morgan fingerprint density at radius 3 is 2.38 bits per heavy atom. The first kappa shape index (κ1) is 16.8. The number of ether oxygens (including phenoxy) is 2. The van der Waals surface area contributed by atoms with Gasteiger partial charge in [-0.3, -0.25) is 0 Å². The first-order valence-electron chi connectivity index (χ1n) is 8.88. The monoisotopic (exact) mass is 396 g/mol. The SMILES string of the molecule is COCOc1c(Br)cc(F)cc1C12CC3CC(C)(CC(C)(C3)C1)C2. The Morgan fingerprint density at radius 2 is 1.79 bits per heavy atom. The van der Waals surface area contributed by atoms with E-state index in [4.69, 9.17) is 9.47 Å². The molecule has 0 saturated heterocycles. The van der Waals surface area contributed by atoms with Gasteiger partial charge in [0.25, 0.3) is 0 Å². The zero-order valence-electron chi connectivity index (χ0n) is 14.8. The summed E-state index contributed by atoms with van der Waals surface area (Å²) in [6.07, 6.45) is 7.42. The lowest BCUT2D eigenvalue weighted by Gasteiger charge is -2.65. The molecule has 0 radical (unpaired) electrons. The fraction of sp³-hybridized carbons (Fsp3) is 0.700. The number of hydrogen-bond donors (Lipinski definition) is 0. The zero-order chi connectivity index (χ0) is 17.2. The van der Waals surface area contributed by atoms with Crippen LogP contribution in [0.5, 0.6) is 5.75 Å². The molecule has 4 heteroatoms. The number of rotatable bonds is 4. The van der Waals surface area contributed by atoms with Crippen molar-refractivity contribution in [3.05, 3.63) is 28.0 Å². The van der Waals surface area contributed by atoms with Gasteiger partial charge in [0.15, 0.2) is 6.79 Å². The highest BCUT2D eigenvalue weighted by atomic mass is 79.9. The van der Waals surface area contributed by atoms with Gasteiger partial charge in [0, 0.05) is 18.1 Å². The normalized spacial score (nSPS) is 40.1. The summed E-state index contributed by atoms with van der Waals surface area (Å²) in [6, 6.07) is 3.22. The summed E-state index contributed by atoms with van der Waals surface area (Å²) in [6.45, 7) is 5.06. The summed E-state index contributed by atoms with van der Waals surface area (Å²) in [5.41, 5.74) is 1.85. The average molecular weight is 397 g/mol. The van der Waals surface area contributed by atoms with Crippen LogP contribution in [0.15, 0.2) is 16.6 Å². The minimum absolute atomic E-state index is 0.0383. The summed E-state index contributed by atoms with van der Waals surface area (Å²) in [5.74, 6) is 1.34. The molecular weight excluding hydrogens is 371 g/mol. The van der Waals surface area contributed by atoms with E-state index in [0.29, 0.717) is 15.3 Å². The lowest BCUT2D eigenvalue weighted by molar-refractivity contribution is -0.110. The van der Waals surface area contributed by atoms with Crippen LogP contribution in [0, 0.1) is 22.6 Å². The molecule has 1 aromatic carbocycles. The van der Waals surface area contributed by atoms with Gasteiger partial charge in [0.05, 0.1) is 4.47 Å². The van der Waals surface area contributed by atoms with Crippen molar-refractivity contribution < 1.29 is 13.9 Å². The summed E-state index contributed by atoms with van der Waals surface area (Å²) < 4.78 is 26.0. The molecule has 4 saturated carbocycles. The van der Waals surface area contributed by atoms with Crippen molar-refractivity contribution in [1.29, 1.82) is 0 Å². The van der Waals surface area contributed by atoms with Gasteiger partial charge >= 0.3 is 0 Å². The Balaban J connectivity index is 1.83. The molecule has 0 amide bonds. The fourth-order valence-electron chi connectivity index (χ4n) is 6.97. The highest BCUT2D eigenvalue weighted by molar-refractivity contribution is 9.10. The summed E-state index contributed by atoms with van der Waals surface area (Å²) >= 11 is 3.51. The molecule has 4 aliphatic rings. The van der Waals surface area contributed by atoms with E-state index in [-0.39, 0.29) is 18.0 Å². The van der Waals surface area contributed by atoms with Crippen molar-refractivity contribution in [3.63, 3.8) is 0 Å². The van der Waals surface area contributed by atoms with Crippen LogP contribution < -0.4 is 4.74 Å². The minimum Gasteiger partial charge on any atom is -0.466 e. The second kappa shape index (κ2) is 5.44. The van der Waals surface area contributed by atoms with Crippen LogP contribution in [0.3, 0.4) is 0 Å². The Morgan fingerprint density at radius 1 is 1.12 bits per heavy atom. The lowest BCUT2D eigenvalue weighted by Crippen LogP contribution is -2.56. The molecule has 2 atom stereocenters. The molecule has 0 heterocycles. The van der Waals surface area contributed by atoms with E-state index < -0.39 is 0 Å². The second-order valence-corrected chi connectivity index (χ2v) is 10.1. The predicted octanol–water partition coefficient (Wildman–Crippen LogP) is 5.82. The van der Waals surface area contributed by atoms with Crippen molar-refractivity contribution in [2.45, 2.75) is 57.8 Å². The summed E-state index contributed by atoms with van der Waals surface area (Å²) in [4.78, 5) is 0. The van der Waals surface area contributed by atoms with Crippen LogP contribution in [0.2, 0.25) is 0 Å². The highest BCUT2D eigenvalue weighted by Crippen LogP contribution is 2.70. The van der Waals surface area contributed by atoms with Gasteiger partial charge in [-0.25, -0.2) is 4.39 Å². The average Bonchev–Trinajstić information content (AvgIpc) is 2.41. The first-order chi connectivity index (χ1) is 11.3. The van der Waals surface area contributed by atoms with E-state index in [9.17, 15) is 4.39 Å². The maximum Gasteiger partial charge on any atom is 0.188 e. The van der Waals surface area contributed by atoms with E-state index in [1.54, 1.807) is 13.2 Å². The van der Waals surface area contributed by atoms with E-state index >= 15 is 0 Å². The standard InChI is InChI=1S/C20H26BrFO2/c1-18-6-13-7-19(2,9-18)11-20(8-13,10-18)15-4-14(22)5-16(21)17(15)24-12-23-3/h4-5,13H,6-12H2,1-3H3. The molecule has 0 N–H and O–H groups in total. The maximum absolute atomic E-state index is 14.3. The van der Waals surface area contributed by atoms with Crippen LogP contribution in [0.1, 0.15) is 57.9 Å². The Kier molecular flexibility index (Phi) is 3.82. The van der Waals surface area contributed by atoms with Crippen LogP contribution >= 0.6 is 15.9 Å². The molecule has 4 aliphatic carbocycles. The second-order valence-electron chi connectivity index (χ2n) is 9.23.